The van der Waals surface area contributed by atoms with Gasteiger partial charge in [0, 0.05) is 19.0 Å². The van der Waals surface area contributed by atoms with Gasteiger partial charge >= 0.3 is 0 Å². The largest absolute Gasteiger partial charge is 0.412 e. The Morgan fingerprint density at radius 1 is 1.12 bits per heavy atom. The molecule has 0 amide bonds. The molecule has 3 atom stereocenters. The first kappa shape index (κ1) is 13.1. The van der Waals surface area contributed by atoms with Crippen LogP contribution in [-0.4, -0.2) is 41.0 Å². The van der Waals surface area contributed by atoms with Crippen molar-refractivity contribution in [3.8, 4) is 0 Å². The molecule has 1 aromatic rings. The highest BCUT2D eigenvalue weighted by Gasteiger charge is 2.29. The van der Waals surface area contributed by atoms with Crippen LogP contribution < -0.4 is 5.32 Å². The van der Waals surface area contributed by atoms with Crippen LogP contribution in [0.15, 0.2) is 30.3 Å². The molecule has 0 aliphatic carbocycles. The topological polar surface area (TPSA) is 84.0 Å². The first-order valence-electron chi connectivity index (χ1n) is 5.38. The molecule has 4 heteroatoms. The molecule has 1 aliphatic rings. The van der Waals surface area contributed by atoms with Crippen molar-refractivity contribution >= 4 is 0 Å². The van der Waals surface area contributed by atoms with Gasteiger partial charge in [0.25, 0.3) is 0 Å². The highest BCUT2D eigenvalue weighted by Crippen LogP contribution is 2.17. The molecule has 90 valence electrons. The monoisotopic (exact) mass is 225 g/mol. The fraction of sp³-hybridized carbons (Fsp3) is 0.500. The lowest BCUT2D eigenvalue weighted by Crippen LogP contribution is -2.51. The highest BCUT2D eigenvalue weighted by molar-refractivity contribution is 5.16. The third kappa shape index (κ3) is 3.02. The van der Waals surface area contributed by atoms with E-state index in [1.54, 1.807) is 0 Å². The summed E-state index contributed by atoms with van der Waals surface area (Å²) in [5.74, 6) is 0.108. The Morgan fingerprint density at radius 3 is 2.50 bits per heavy atom. The lowest BCUT2D eigenvalue weighted by Gasteiger charge is -2.32. The van der Waals surface area contributed by atoms with Gasteiger partial charge in [-0.15, -0.1) is 0 Å². The molecule has 0 unspecified atom stereocenters. The zero-order valence-corrected chi connectivity index (χ0v) is 9.13. The van der Waals surface area contributed by atoms with Crippen molar-refractivity contribution in [1.82, 2.24) is 5.32 Å². The zero-order valence-electron chi connectivity index (χ0n) is 9.13. The molecule has 4 nitrogen and oxygen atoms in total. The number of hydrogen-bond acceptors (Lipinski definition) is 3. The minimum absolute atomic E-state index is 0. The first-order valence-corrected chi connectivity index (χ1v) is 5.38. The maximum Gasteiger partial charge on any atom is 0.0926 e. The summed E-state index contributed by atoms with van der Waals surface area (Å²) in [4.78, 5) is 0. The molecule has 0 spiro atoms. The fourth-order valence-corrected chi connectivity index (χ4v) is 2.08. The van der Waals surface area contributed by atoms with Crippen LogP contribution in [0.3, 0.4) is 0 Å². The molecule has 0 aromatic heterocycles. The molecule has 1 heterocycles. The Labute approximate surface area is 95.2 Å². The van der Waals surface area contributed by atoms with Gasteiger partial charge in [0.2, 0.25) is 0 Å². The van der Waals surface area contributed by atoms with E-state index in [-0.39, 0.29) is 11.4 Å². The van der Waals surface area contributed by atoms with Crippen molar-refractivity contribution in [1.29, 1.82) is 0 Å². The smallest absolute Gasteiger partial charge is 0.0926 e. The summed E-state index contributed by atoms with van der Waals surface area (Å²) in [6.45, 7) is 1.26. The number of piperidine rings is 1. The third-order valence-electron chi connectivity index (χ3n) is 2.98. The average Bonchev–Trinajstić information content (AvgIpc) is 2.26. The summed E-state index contributed by atoms with van der Waals surface area (Å²) >= 11 is 0. The first-order chi connectivity index (χ1) is 7.27. The zero-order chi connectivity index (χ0) is 10.7. The van der Waals surface area contributed by atoms with Crippen molar-refractivity contribution in [3.05, 3.63) is 35.9 Å². The van der Waals surface area contributed by atoms with E-state index < -0.39 is 12.2 Å². The van der Waals surface area contributed by atoms with Crippen LogP contribution in [0.1, 0.15) is 5.56 Å². The number of benzene rings is 1. The van der Waals surface area contributed by atoms with Crippen LogP contribution in [0.4, 0.5) is 0 Å². The van der Waals surface area contributed by atoms with E-state index >= 15 is 0 Å². The van der Waals surface area contributed by atoms with Crippen LogP contribution in [0.2, 0.25) is 0 Å². The lowest BCUT2D eigenvalue weighted by atomic mass is 9.88. The Hall–Kier alpha value is -0.940. The van der Waals surface area contributed by atoms with Crippen LogP contribution in [0.5, 0.6) is 0 Å². The maximum atomic E-state index is 9.81. The predicted molar refractivity (Wildman–Crippen MR) is 62.1 cm³/mol. The van der Waals surface area contributed by atoms with Gasteiger partial charge in [0.15, 0.2) is 0 Å². The Morgan fingerprint density at radius 2 is 1.81 bits per heavy atom. The van der Waals surface area contributed by atoms with E-state index in [0.717, 1.165) is 13.0 Å². The molecule has 0 bridgehead atoms. The maximum absolute atomic E-state index is 9.81. The molecule has 1 aromatic carbocycles. The van der Waals surface area contributed by atoms with Crippen molar-refractivity contribution in [2.24, 2.45) is 5.92 Å². The van der Waals surface area contributed by atoms with Crippen molar-refractivity contribution < 1.29 is 15.7 Å². The van der Waals surface area contributed by atoms with E-state index in [9.17, 15) is 10.2 Å². The minimum Gasteiger partial charge on any atom is -0.412 e. The minimum atomic E-state index is -0.632. The summed E-state index contributed by atoms with van der Waals surface area (Å²) in [7, 11) is 0. The van der Waals surface area contributed by atoms with Gasteiger partial charge in [-0.1, -0.05) is 30.3 Å². The molecule has 0 radical (unpaired) electrons. The number of hydrogen-bond donors (Lipinski definition) is 3. The Kier molecular flexibility index (Phi) is 4.89. The highest BCUT2D eigenvalue weighted by atomic mass is 16.3. The lowest BCUT2D eigenvalue weighted by molar-refractivity contribution is -0.0345. The van der Waals surface area contributed by atoms with Crippen molar-refractivity contribution in [2.75, 3.05) is 13.1 Å². The molecule has 16 heavy (non-hydrogen) atoms. The summed E-state index contributed by atoms with van der Waals surface area (Å²) < 4.78 is 0. The van der Waals surface area contributed by atoms with Gasteiger partial charge < -0.3 is 21.0 Å². The van der Waals surface area contributed by atoms with Crippen LogP contribution >= 0.6 is 0 Å². The van der Waals surface area contributed by atoms with Crippen molar-refractivity contribution in [3.63, 3.8) is 0 Å². The van der Waals surface area contributed by atoms with Gasteiger partial charge in [0.1, 0.15) is 0 Å². The van der Waals surface area contributed by atoms with Gasteiger partial charge in [-0.2, -0.15) is 0 Å². The second kappa shape index (κ2) is 5.96. The number of β-amino-alcohol motifs (C(OH)–C–C–N with tert-alkyl or cyclic N) is 1. The third-order valence-corrected chi connectivity index (χ3v) is 2.98. The molecule has 1 aliphatic heterocycles. The second-order valence-corrected chi connectivity index (χ2v) is 4.17. The average molecular weight is 225 g/mol. The van der Waals surface area contributed by atoms with E-state index in [2.05, 4.69) is 5.32 Å². The normalized spacial score (nSPS) is 29.5. The quantitative estimate of drug-likeness (QED) is 0.625. The summed E-state index contributed by atoms with van der Waals surface area (Å²) in [6, 6.07) is 10.1. The molecule has 1 saturated heterocycles. The molecule has 5 N–H and O–H groups in total. The number of nitrogens with one attached hydrogen (secondary N) is 1. The van der Waals surface area contributed by atoms with Gasteiger partial charge in [0.05, 0.1) is 12.2 Å². The molecular formula is C12H19NO3. The summed E-state index contributed by atoms with van der Waals surface area (Å²) in [5, 5.41) is 22.4. The Bertz CT molecular complexity index is 304. The Balaban J connectivity index is 0.00000128. The molecule has 0 saturated carbocycles. The fourth-order valence-electron chi connectivity index (χ4n) is 2.08. The number of rotatable bonds is 2. The van der Waals surface area contributed by atoms with Gasteiger partial charge in [-0.3, -0.25) is 0 Å². The second-order valence-electron chi connectivity index (χ2n) is 4.17. The van der Waals surface area contributed by atoms with Gasteiger partial charge in [-0.25, -0.2) is 0 Å². The van der Waals surface area contributed by atoms with E-state index in [1.165, 1.54) is 5.56 Å². The van der Waals surface area contributed by atoms with Gasteiger partial charge in [-0.05, 0) is 12.0 Å². The van der Waals surface area contributed by atoms with Crippen LogP contribution in [0.25, 0.3) is 0 Å². The standard InChI is InChI=1S/C12H17NO2.H2O/c14-11-8-13-7-10(12(11)15)6-9-4-2-1-3-5-9;/h1-5,10-15H,6-8H2;1H2/t10-,11+,12+;/m0./s1. The van der Waals surface area contributed by atoms with E-state index in [1.807, 2.05) is 30.3 Å². The summed E-state index contributed by atoms with van der Waals surface area (Å²) in [6.07, 6.45) is -0.426. The van der Waals surface area contributed by atoms with Crippen LogP contribution in [-0.2, 0) is 6.42 Å². The SMILES string of the molecule is O.O[C@@H]1[C@@H](Cc2ccccc2)CNC[C@H]1O. The number of aliphatic hydroxyl groups is 2. The van der Waals surface area contributed by atoms with Crippen molar-refractivity contribution in [2.45, 2.75) is 18.6 Å². The molecule has 1 fully saturated rings. The van der Waals surface area contributed by atoms with Crippen LogP contribution in [0, 0.1) is 5.92 Å². The summed E-state index contributed by atoms with van der Waals surface area (Å²) in [5.41, 5.74) is 1.21. The number of aliphatic hydroxyl groups excluding tert-OH is 2. The van der Waals surface area contributed by atoms with E-state index in [4.69, 9.17) is 0 Å². The molecule has 2 rings (SSSR count). The molecular weight excluding hydrogens is 206 g/mol. The van der Waals surface area contributed by atoms with E-state index in [0.29, 0.717) is 6.54 Å². The predicted octanol–water partition coefficient (Wildman–Crippen LogP) is -0.654.